The molecule has 2 aromatic rings. The number of fused-ring (bicyclic) bond motifs is 1. The van der Waals surface area contributed by atoms with Crippen LogP contribution in [0.1, 0.15) is 29.9 Å². The van der Waals surface area contributed by atoms with Gasteiger partial charge in [0.1, 0.15) is 12.6 Å². The first kappa shape index (κ1) is 18.2. The van der Waals surface area contributed by atoms with Crippen LogP contribution in [0.25, 0.3) is 0 Å². The third-order valence-corrected chi connectivity index (χ3v) is 4.88. The van der Waals surface area contributed by atoms with E-state index in [0.29, 0.717) is 24.5 Å². The number of halogens is 1. The summed E-state index contributed by atoms with van der Waals surface area (Å²) in [6.45, 7) is 6.36. The first-order valence-corrected chi connectivity index (χ1v) is 8.91. The van der Waals surface area contributed by atoms with Crippen molar-refractivity contribution in [2.45, 2.75) is 19.4 Å². The number of rotatable bonds is 5. The topological polar surface area (TPSA) is 69.3 Å². The Labute approximate surface area is 157 Å². The summed E-state index contributed by atoms with van der Waals surface area (Å²) in [6, 6.07) is 7.13. The summed E-state index contributed by atoms with van der Waals surface area (Å²) in [5.74, 6) is -0.364. The number of nitrogens with zero attached hydrogens (tertiary/aromatic N) is 3. The second-order valence-electron chi connectivity index (χ2n) is 6.11. The van der Waals surface area contributed by atoms with Crippen molar-refractivity contribution in [2.75, 3.05) is 19.6 Å². The van der Waals surface area contributed by atoms with E-state index in [1.54, 1.807) is 23.4 Å². The quantitative estimate of drug-likeness (QED) is 0.820. The van der Waals surface area contributed by atoms with Gasteiger partial charge in [-0.05, 0) is 30.7 Å². The Bertz CT molecular complexity index is 815. The van der Waals surface area contributed by atoms with Gasteiger partial charge in [0.15, 0.2) is 0 Å². The standard InChI is InChI=1S/C19H21ClN4O2/c1-3-16(25)23(4-2)11-17(26)24-10-9-15-18(22-12-21-15)19(24)13-5-7-14(20)8-6-13/h3,5-8,12,19H,1,4,9-11H2,2H3,(H,21,22). The zero-order chi connectivity index (χ0) is 18.7. The molecule has 26 heavy (non-hydrogen) atoms. The van der Waals surface area contributed by atoms with Crippen molar-refractivity contribution >= 4 is 23.4 Å². The zero-order valence-electron chi connectivity index (χ0n) is 14.6. The van der Waals surface area contributed by atoms with Gasteiger partial charge in [0.25, 0.3) is 0 Å². The summed E-state index contributed by atoms with van der Waals surface area (Å²) in [4.78, 5) is 35.8. The van der Waals surface area contributed by atoms with E-state index in [4.69, 9.17) is 11.6 Å². The lowest BCUT2D eigenvalue weighted by Crippen LogP contribution is -2.46. The summed E-state index contributed by atoms with van der Waals surface area (Å²) in [5.41, 5.74) is 2.81. The molecule has 0 saturated carbocycles. The van der Waals surface area contributed by atoms with E-state index in [-0.39, 0.29) is 24.4 Å². The molecular formula is C19H21ClN4O2. The Morgan fingerprint density at radius 2 is 2.15 bits per heavy atom. The third kappa shape index (κ3) is 3.51. The Balaban J connectivity index is 1.92. The molecule has 0 bridgehead atoms. The minimum absolute atomic E-state index is 0.0190. The third-order valence-electron chi connectivity index (χ3n) is 4.63. The number of nitrogens with one attached hydrogen (secondary N) is 1. The van der Waals surface area contributed by atoms with E-state index < -0.39 is 0 Å². The van der Waals surface area contributed by atoms with Crippen molar-refractivity contribution < 1.29 is 9.59 Å². The van der Waals surface area contributed by atoms with Crippen molar-refractivity contribution in [3.05, 3.63) is 65.2 Å². The molecule has 0 radical (unpaired) electrons. The fourth-order valence-corrected chi connectivity index (χ4v) is 3.38. The number of amides is 2. The van der Waals surface area contributed by atoms with Gasteiger partial charge < -0.3 is 14.8 Å². The number of likely N-dealkylation sites (N-methyl/N-ethyl adjacent to an activating group) is 1. The maximum absolute atomic E-state index is 13.0. The molecule has 3 rings (SSSR count). The summed E-state index contributed by atoms with van der Waals surface area (Å²) in [6.07, 6.45) is 3.59. The molecule has 0 fully saturated rings. The fourth-order valence-electron chi connectivity index (χ4n) is 3.26. The number of hydrogen-bond donors (Lipinski definition) is 1. The second kappa shape index (κ2) is 7.74. The Hall–Kier alpha value is -2.60. The number of aromatic amines is 1. The lowest BCUT2D eigenvalue weighted by atomic mass is 9.95. The van der Waals surface area contributed by atoms with Crippen molar-refractivity contribution in [1.29, 1.82) is 0 Å². The predicted molar refractivity (Wildman–Crippen MR) is 99.8 cm³/mol. The highest BCUT2D eigenvalue weighted by molar-refractivity contribution is 6.30. The van der Waals surface area contributed by atoms with Crippen LogP contribution in [0.2, 0.25) is 5.02 Å². The molecule has 1 aromatic heterocycles. The van der Waals surface area contributed by atoms with Gasteiger partial charge in [0, 0.05) is 30.2 Å². The number of H-pyrrole nitrogens is 1. The SMILES string of the molecule is C=CC(=O)N(CC)CC(=O)N1CCc2[nH]cnc2C1c1ccc(Cl)cc1. The van der Waals surface area contributed by atoms with E-state index in [1.165, 1.54) is 11.0 Å². The van der Waals surface area contributed by atoms with Crippen LogP contribution in [0.15, 0.2) is 43.2 Å². The molecule has 1 N–H and O–H groups in total. The van der Waals surface area contributed by atoms with Gasteiger partial charge in [-0.15, -0.1) is 0 Å². The first-order chi connectivity index (χ1) is 12.5. The smallest absolute Gasteiger partial charge is 0.246 e. The Kier molecular flexibility index (Phi) is 5.42. The van der Waals surface area contributed by atoms with E-state index >= 15 is 0 Å². The van der Waals surface area contributed by atoms with Crippen LogP contribution in [0.4, 0.5) is 0 Å². The molecule has 1 atom stereocenters. The molecule has 1 aliphatic rings. The molecule has 136 valence electrons. The molecule has 6 nitrogen and oxygen atoms in total. The highest BCUT2D eigenvalue weighted by atomic mass is 35.5. The fraction of sp³-hybridized carbons (Fsp3) is 0.316. The van der Waals surface area contributed by atoms with Gasteiger partial charge in [-0.1, -0.05) is 30.3 Å². The maximum Gasteiger partial charge on any atom is 0.246 e. The van der Waals surface area contributed by atoms with Crippen LogP contribution in [-0.4, -0.2) is 51.2 Å². The summed E-state index contributed by atoms with van der Waals surface area (Å²) >= 11 is 6.01. The first-order valence-electron chi connectivity index (χ1n) is 8.53. The minimum atomic E-state index is -0.299. The number of imidazole rings is 1. The number of carbonyl (C=O) groups is 2. The number of hydrogen-bond acceptors (Lipinski definition) is 3. The number of benzene rings is 1. The van der Waals surface area contributed by atoms with Gasteiger partial charge in [-0.2, -0.15) is 0 Å². The van der Waals surface area contributed by atoms with E-state index in [0.717, 1.165) is 17.0 Å². The largest absolute Gasteiger partial charge is 0.348 e. The summed E-state index contributed by atoms with van der Waals surface area (Å²) in [7, 11) is 0. The normalized spacial score (nSPS) is 16.1. The monoisotopic (exact) mass is 372 g/mol. The average Bonchev–Trinajstić information content (AvgIpc) is 3.14. The zero-order valence-corrected chi connectivity index (χ0v) is 15.4. The van der Waals surface area contributed by atoms with E-state index in [1.807, 2.05) is 19.1 Å². The minimum Gasteiger partial charge on any atom is -0.348 e. The molecule has 1 aromatic carbocycles. The highest BCUT2D eigenvalue weighted by Gasteiger charge is 2.34. The molecule has 2 heterocycles. The van der Waals surface area contributed by atoms with Gasteiger partial charge >= 0.3 is 0 Å². The average molecular weight is 373 g/mol. The van der Waals surface area contributed by atoms with Crippen LogP contribution in [-0.2, 0) is 16.0 Å². The number of carbonyl (C=O) groups excluding carboxylic acids is 2. The van der Waals surface area contributed by atoms with Crippen LogP contribution < -0.4 is 0 Å². The van der Waals surface area contributed by atoms with Gasteiger partial charge in [-0.25, -0.2) is 4.98 Å². The molecule has 0 aliphatic carbocycles. The highest BCUT2D eigenvalue weighted by Crippen LogP contribution is 2.33. The molecule has 7 heteroatoms. The van der Waals surface area contributed by atoms with Crippen LogP contribution >= 0.6 is 11.6 Å². The molecule has 0 spiro atoms. The van der Waals surface area contributed by atoms with Gasteiger partial charge in [0.2, 0.25) is 11.8 Å². The van der Waals surface area contributed by atoms with Crippen molar-refractivity contribution in [1.82, 2.24) is 19.8 Å². The van der Waals surface area contributed by atoms with Crippen molar-refractivity contribution in [3.8, 4) is 0 Å². The Morgan fingerprint density at radius 1 is 1.42 bits per heavy atom. The van der Waals surface area contributed by atoms with E-state index in [2.05, 4.69) is 16.5 Å². The molecule has 2 amide bonds. The predicted octanol–water partition coefficient (Wildman–Crippen LogP) is 2.57. The van der Waals surface area contributed by atoms with Gasteiger partial charge in [-0.3, -0.25) is 9.59 Å². The van der Waals surface area contributed by atoms with Crippen LogP contribution in [0.5, 0.6) is 0 Å². The maximum atomic E-state index is 13.0. The number of aromatic nitrogens is 2. The van der Waals surface area contributed by atoms with E-state index in [9.17, 15) is 9.59 Å². The second-order valence-corrected chi connectivity index (χ2v) is 6.55. The van der Waals surface area contributed by atoms with Crippen molar-refractivity contribution in [3.63, 3.8) is 0 Å². The van der Waals surface area contributed by atoms with Gasteiger partial charge in [0.05, 0.1) is 12.0 Å². The van der Waals surface area contributed by atoms with Crippen LogP contribution in [0.3, 0.4) is 0 Å². The summed E-state index contributed by atoms with van der Waals surface area (Å²) in [5, 5.41) is 0.637. The molecule has 1 aliphatic heterocycles. The van der Waals surface area contributed by atoms with Crippen LogP contribution in [0, 0.1) is 0 Å². The lowest BCUT2D eigenvalue weighted by Gasteiger charge is -2.36. The molecule has 1 unspecified atom stereocenters. The lowest BCUT2D eigenvalue weighted by molar-refractivity contribution is -0.139. The summed E-state index contributed by atoms with van der Waals surface area (Å²) < 4.78 is 0. The Morgan fingerprint density at radius 3 is 2.81 bits per heavy atom. The molecular weight excluding hydrogens is 352 g/mol. The van der Waals surface area contributed by atoms with Crippen molar-refractivity contribution in [2.24, 2.45) is 0 Å². The molecule has 0 saturated heterocycles.